The Balaban J connectivity index is 2.76. The van der Waals surface area contributed by atoms with Crippen molar-refractivity contribution >= 4 is 11.8 Å². The molecule has 0 spiro atoms. The monoisotopic (exact) mass is 295 g/mol. The molecule has 116 valence electrons. The van der Waals surface area contributed by atoms with Crippen LogP contribution in [0.3, 0.4) is 0 Å². The molecule has 21 heavy (non-hydrogen) atoms. The van der Waals surface area contributed by atoms with Crippen molar-refractivity contribution in [3.8, 4) is 0 Å². The maximum absolute atomic E-state index is 13.8. The van der Waals surface area contributed by atoms with Crippen LogP contribution in [-0.4, -0.2) is 43.4 Å². The van der Waals surface area contributed by atoms with Gasteiger partial charge in [-0.2, -0.15) is 0 Å². The zero-order valence-electron chi connectivity index (χ0n) is 12.8. The van der Waals surface area contributed by atoms with Crippen LogP contribution >= 0.6 is 0 Å². The lowest BCUT2D eigenvalue weighted by atomic mass is 10.0. The molecule has 6 heteroatoms. The molecule has 1 aromatic carbocycles. The smallest absolute Gasteiger partial charge is 0.242 e. The zero-order valence-corrected chi connectivity index (χ0v) is 12.8. The molecule has 0 heterocycles. The number of nitrogens with one attached hydrogen (secondary N) is 2. The highest BCUT2D eigenvalue weighted by Gasteiger charge is 2.25. The van der Waals surface area contributed by atoms with Gasteiger partial charge in [-0.15, -0.1) is 0 Å². The Morgan fingerprint density at radius 3 is 2.38 bits per heavy atom. The molecule has 2 N–H and O–H groups in total. The minimum Gasteiger partial charge on any atom is -0.352 e. The van der Waals surface area contributed by atoms with Crippen LogP contribution in [0.2, 0.25) is 0 Å². The van der Waals surface area contributed by atoms with Crippen molar-refractivity contribution in [2.75, 3.05) is 20.6 Å². The lowest BCUT2D eigenvalue weighted by molar-refractivity contribution is -0.129. The number of benzene rings is 1. The lowest BCUT2D eigenvalue weighted by Crippen LogP contribution is -2.43. The van der Waals surface area contributed by atoms with E-state index in [-0.39, 0.29) is 24.1 Å². The minimum absolute atomic E-state index is 0.00520. The van der Waals surface area contributed by atoms with Gasteiger partial charge in [0.05, 0.1) is 6.54 Å². The van der Waals surface area contributed by atoms with Gasteiger partial charge in [-0.25, -0.2) is 4.39 Å². The van der Waals surface area contributed by atoms with Crippen LogP contribution in [-0.2, 0) is 9.59 Å². The van der Waals surface area contributed by atoms with Crippen LogP contribution in [0.5, 0.6) is 0 Å². The first-order valence-corrected chi connectivity index (χ1v) is 6.81. The van der Waals surface area contributed by atoms with Crippen molar-refractivity contribution in [1.29, 1.82) is 0 Å². The summed E-state index contributed by atoms with van der Waals surface area (Å²) in [5, 5.41) is 5.21. The summed E-state index contributed by atoms with van der Waals surface area (Å²) < 4.78 is 13.8. The van der Waals surface area contributed by atoms with E-state index in [4.69, 9.17) is 0 Å². The number of carbonyl (C=O) groups excluding carboxylic acids is 2. The van der Waals surface area contributed by atoms with E-state index < -0.39 is 17.8 Å². The average Bonchev–Trinajstić information content (AvgIpc) is 2.38. The summed E-state index contributed by atoms with van der Waals surface area (Å²) in [6, 6.07) is 5.34. The summed E-state index contributed by atoms with van der Waals surface area (Å²) in [4.78, 5) is 25.4. The van der Waals surface area contributed by atoms with Gasteiger partial charge < -0.3 is 10.6 Å². The molecule has 1 rings (SSSR count). The van der Waals surface area contributed by atoms with Crippen LogP contribution in [0.25, 0.3) is 0 Å². The van der Waals surface area contributed by atoms with Crippen LogP contribution in [0.15, 0.2) is 24.3 Å². The summed E-state index contributed by atoms with van der Waals surface area (Å²) in [7, 11) is 3.37. The normalized spacial score (nSPS) is 12.3. The van der Waals surface area contributed by atoms with E-state index >= 15 is 0 Å². The molecular weight excluding hydrogens is 273 g/mol. The highest BCUT2D eigenvalue weighted by atomic mass is 19.1. The van der Waals surface area contributed by atoms with Crippen LogP contribution in [0.4, 0.5) is 4.39 Å². The van der Waals surface area contributed by atoms with Gasteiger partial charge in [0.15, 0.2) is 0 Å². The SMILES string of the molecule is CC(C)NC(=O)CNC(=O)[C@@H](c1ccccc1F)N(C)C. The highest BCUT2D eigenvalue weighted by Crippen LogP contribution is 2.21. The molecule has 0 aliphatic rings. The summed E-state index contributed by atoms with van der Waals surface area (Å²) in [6.07, 6.45) is 0. The number of likely N-dealkylation sites (N-methyl/N-ethyl adjacent to an activating group) is 1. The summed E-state index contributed by atoms with van der Waals surface area (Å²) in [5.41, 5.74) is 0.282. The van der Waals surface area contributed by atoms with Crippen molar-refractivity contribution in [1.82, 2.24) is 15.5 Å². The number of rotatable bonds is 6. The molecule has 5 nitrogen and oxygen atoms in total. The van der Waals surface area contributed by atoms with Crippen molar-refractivity contribution in [2.24, 2.45) is 0 Å². The Labute approximate surface area is 124 Å². The van der Waals surface area contributed by atoms with Gasteiger partial charge in [-0.1, -0.05) is 18.2 Å². The summed E-state index contributed by atoms with van der Waals surface area (Å²) >= 11 is 0. The Hall–Kier alpha value is -1.95. The fourth-order valence-corrected chi connectivity index (χ4v) is 1.99. The molecule has 0 bridgehead atoms. The molecule has 0 aromatic heterocycles. The lowest BCUT2D eigenvalue weighted by Gasteiger charge is -2.24. The Kier molecular flexibility index (Phi) is 6.30. The molecular formula is C15H22FN3O2. The van der Waals surface area contributed by atoms with E-state index in [1.54, 1.807) is 37.2 Å². The Bertz CT molecular complexity index is 503. The summed E-state index contributed by atoms with van der Waals surface area (Å²) in [5.74, 6) is -1.13. The van der Waals surface area contributed by atoms with Gasteiger partial charge in [0.25, 0.3) is 0 Å². The average molecular weight is 295 g/mol. The third kappa shape index (κ3) is 5.15. The predicted octanol–water partition coefficient (Wildman–Crippen LogP) is 1.07. The van der Waals surface area contributed by atoms with Crippen molar-refractivity contribution in [3.63, 3.8) is 0 Å². The number of hydrogen-bond acceptors (Lipinski definition) is 3. The second-order valence-electron chi connectivity index (χ2n) is 5.33. The fraction of sp³-hybridized carbons (Fsp3) is 0.467. The van der Waals surface area contributed by atoms with E-state index in [1.165, 1.54) is 6.07 Å². The van der Waals surface area contributed by atoms with Gasteiger partial charge in [-0.3, -0.25) is 14.5 Å². The van der Waals surface area contributed by atoms with E-state index in [0.717, 1.165) is 0 Å². The third-order valence-electron chi connectivity index (χ3n) is 2.84. The van der Waals surface area contributed by atoms with E-state index in [9.17, 15) is 14.0 Å². The number of amides is 2. The molecule has 1 atom stereocenters. The van der Waals surface area contributed by atoms with Gasteiger partial charge in [0.2, 0.25) is 11.8 Å². The van der Waals surface area contributed by atoms with Gasteiger partial charge in [0.1, 0.15) is 11.9 Å². The largest absolute Gasteiger partial charge is 0.352 e. The maximum atomic E-state index is 13.8. The number of halogens is 1. The van der Waals surface area contributed by atoms with Gasteiger partial charge in [-0.05, 0) is 34.0 Å². The first kappa shape index (κ1) is 17.1. The topological polar surface area (TPSA) is 61.4 Å². The van der Waals surface area contributed by atoms with Crippen molar-refractivity contribution in [2.45, 2.75) is 25.9 Å². The zero-order chi connectivity index (χ0) is 16.0. The van der Waals surface area contributed by atoms with Crippen LogP contribution in [0, 0.1) is 5.82 Å². The second-order valence-corrected chi connectivity index (χ2v) is 5.33. The standard InChI is InChI=1S/C15H22FN3O2/c1-10(2)18-13(20)9-17-15(21)14(19(3)4)11-7-5-6-8-12(11)16/h5-8,10,14H,9H2,1-4H3,(H,17,21)(H,18,20)/t14-/m1/s1. The first-order valence-electron chi connectivity index (χ1n) is 6.81. The summed E-state index contributed by atoms with van der Waals surface area (Å²) in [6.45, 7) is 3.54. The molecule has 0 saturated carbocycles. The predicted molar refractivity (Wildman–Crippen MR) is 79.1 cm³/mol. The molecule has 0 aliphatic heterocycles. The van der Waals surface area contributed by atoms with E-state index in [2.05, 4.69) is 10.6 Å². The van der Waals surface area contributed by atoms with Crippen molar-refractivity contribution in [3.05, 3.63) is 35.6 Å². The minimum atomic E-state index is -0.780. The molecule has 0 aliphatic carbocycles. The first-order chi connectivity index (χ1) is 9.82. The Morgan fingerprint density at radius 1 is 1.24 bits per heavy atom. The maximum Gasteiger partial charge on any atom is 0.242 e. The van der Waals surface area contributed by atoms with E-state index in [1.807, 2.05) is 13.8 Å². The molecule has 1 aromatic rings. The highest BCUT2D eigenvalue weighted by molar-refractivity contribution is 5.88. The number of hydrogen-bond donors (Lipinski definition) is 2. The van der Waals surface area contributed by atoms with Gasteiger partial charge in [0, 0.05) is 11.6 Å². The molecule has 2 amide bonds. The van der Waals surface area contributed by atoms with Gasteiger partial charge >= 0.3 is 0 Å². The molecule has 0 radical (unpaired) electrons. The number of nitrogens with zero attached hydrogens (tertiary/aromatic N) is 1. The van der Waals surface area contributed by atoms with Crippen LogP contribution < -0.4 is 10.6 Å². The quantitative estimate of drug-likeness (QED) is 0.825. The molecule has 0 unspecified atom stereocenters. The van der Waals surface area contributed by atoms with E-state index in [0.29, 0.717) is 0 Å². The van der Waals surface area contributed by atoms with Crippen molar-refractivity contribution < 1.29 is 14.0 Å². The fourth-order valence-electron chi connectivity index (χ4n) is 1.99. The Morgan fingerprint density at radius 2 is 1.86 bits per heavy atom. The molecule has 0 fully saturated rings. The third-order valence-corrected chi connectivity index (χ3v) is 2.84. The number of carbonyl (C=O) groups is 2. The second kappa shape index (κ2) is 7.73. The van der Waals surface area contributed by atoms with Crippen LogP contribution in [0.1, 0.15) is 25.5 Å². The molecule has 0 saturated heterocycles.